The summed E-state index contributed by atoms with van der Waals surface area (Å²) in [7, 11) is 0. The fourth-order valence-corrected chi connectivity index (χ4v) is 2.59. The van der Waals surface area contributed by atoms with Crippen molar-refractivity contribution in [3.63, 3.8) is 0 Å². The Kier molecular flexibility index (Phi) is 3.91. The number of anilines is 2. The van der Waals surface area contributed by atoms with E-state index >= 15 is 0 Å². The summed E-state index contributed by atoms with van der Waals surface area (Å²) < 4.78 is 3.35. The van der Waals surface area contributed by atoms with Crippen LogP contribution in [0.2, 0.25) is 0 Å². The van der Waals surface area contributed by atoms with Gasteiger partial charge in [0.05, 0.1) is 29.7 Å². The molecule has 0 aromatic carbocycles. The maximum absolute atomic E-state index is 8.74. The lowest BCUT2D eigenvalue weighted by Gasteiger charge is -2.09. The zero-order valence-electron chi connectivity index (χ0n) is 13.7. The zero-order chi connectivity index (χ0) is 17.9. The molecule has 0 atom stereocenters. The van der Waals surface area contributed by atoms with E-state index in [4.69, 9.17) is 11.0 Å². The minimum Gasteiger partial charge on any atom is -0.381 e. The molecule has 4 heterocycles. The number of nitrogens with two attached hydrogens (primary N) is 1. The molecule has 4 aromatic heterocycles. The average Bonchev–Trinajstić information content (AvgIpc) is 3.30. The number of hydrogen-bond donors (Lipinski definition) is 2. The predicted molar refractivity (Wildman–Crippen MR) is 95.8 cm³/mol. The molecule has 0 aliphatic heterocycles. The van der Waals surface area contributed by atoms with Crippen LogP contribution in [-0.2, 0) is 13.1 Å². The Labute approximate surface area is 148 Å². The van der Waals surface area contributed by atoms with Gasteiger partial charge in [0.2, 0.25) is 0 Å². The molecule has 0 saturated carbocycles. The number of fused-ring (bicyclic) bond motifs is 1. The van der Waals surface area contributed by atoms with Crippen LogP contribution >= 0.6 is 0 Å². The SMILES string of the molecule is N#CCn1cc(-c2cnc(N)c(NCc3ccn4nccc4c3)n2)cn1. The van der Waals surface area contributed by atoms with E-state index in [0.29, 0.717) is 23.9 Å². The van der Waals surface area contributed by atoms with Crippen LogP contribution < -0.4 is 11.1 Å². The van der Waals surface area contributed by atoms with E-state index in [1.807, 2.05) is 30.5 Å². The van der Waals surface area contributed by atoms with Crippen LogP contribution in [-0.4, -0.2) is 29.4 Å². The van der Waals surface area contributed by atoms with Crippen molar-refractivity contribution in [1.29, 1.82) is 5.26 Å². The van der Waals surface area contributed by atoms with Crippen LogP contribution in [0.3, 0.4) is 0 Å². The lowest BCUT2D eigenvalue weighted by atomic mass is 10.2. The maximum atomic E-state index is 8.74. The third-order valence-electron chi connectivity index (χ3n) is 3.89. The summed E-state index contributed by atoms with van der Waals surface area (Å²) >= 11 is 0. The van der Waals surface area contributed by atoms with Gasteiger partial charge in [-0.3, -0.25) is 4.68 Å². The number of nitriles is 1. The molecule has 9 heteroatoms. The molecule has 4 rings (SSSR count). The molecule has 9 nitrogen and oxygen atoms in total. The number of nitrogens with zero attached hydrogens (tertiary/aromatic N) is 7. The molecule has 0 unspecified atom stereocenters. The van der Waals surface area contributed by atoms with Gasteiger partial charge in [0.1, 0.15) is 6.54 Å². The van der Waals surface area contributed by atoms with Gasteiger partial charge in [-0.1, -0.05) is 0 Å². The van der Waals surface area contributed by atoms with E-state index in [2.05, 4.69) is 25.5 Å². The summed E-state index contributed by atoms with van der Waals surface area (Å²) in [6.45, 7) is 0.738. The van der Waals surface area contributed by atoms with Gasteiger partial charge in [0.25, 0.3) is 0 Å². The molecule has 26 heavy (non-hydrogen) atoms. The second-order valence-corrected chi connectivity index (χ2v) is 5.66. The molecule has 4 aromatic rings. The summed E-state index contributed by atoms with van der Waals surface area (Å²) in [6.07, 6.45) is 8.65. The topological polar surface area (TPSA) is 123 Å². The van der Waals surface area contributed by atoms with E-state index in [-0.39, 0.29) is 6.54 Å². The molecular formula is C17H15N9. The molecule has 0 radical (unpaired) electrons. The Bertz CT molecular complexity index is 1100. The Hall–Kier alpha value is -3.93. The second-order valence-electron chi connectivity index (χ2n) is 5.66. The summed E-state index contributed by atoms with van der Waals surface area (Å²) in [5.41, 5.74) is 9.45. The minimum atomic E-state index is 0.185. The fraction of sp³-hybridized carbons (Fsp3) is 0.118. The Morgan fingerprint density at radius 1 is 1.23 bits per heavy atom. The molecular weight excluding hydrogens is 330 g/mol. The number of hydrogen-bond acceptors (Lipinski definition) is 7. The van der Waals surface area contributed by atoms with Crippen LogP contribution in [0.15, 0.2) is 49.2 Å². The van der Waals surface area contributed by atoms with Crippen LogP contribution in [0, 0.1) is 11.3 Å². The molecule has 3 N–H and O–H groups in total. The normalized spacial score (nSPS) is 10.7. The minimum absolute atomic E-state index is 0.185. The van der Waals surface area contributed by atoms with Crippen molar-refractivity contribution in [3.05, 3.63) is 54.7 Å². The van der Waals surface area contributed by atoms with Crippen molar-refractivity contribution >= 4 is 17.2 Å². The Morgan fingerprint density at radius 3 is 3.04 bits per heavy atom. The first-order chi connectivity index (χ1) is 12.7. The van der Waals surface area contributed by atoms with E-state index in [1.54, 1.807) is 34.0 Å². The summed E-state index contributed by atoms with van der Waals surface area (Å²) in [6, 6.07) is 8.01. The molecule has 128 valence electrons. The first-order valence-electron chi connectivity index (χ1n) is 7.91. The summed E-state index contributed by atoms with van der Waals surface area (Å²) in [4.78, 5) is 8.73. The highest BCUT2D eigenvalue weighted by atomic mass is 15.3. The standard InChI is InChI=1S/C17H15N9/c18-3-6-25-11-13(9-23-25)15-10-20-16(19)17(24-15)21-8-12-2-5-26-14(7-12)1-4-22-26/h1-2,4-5,7,9-11H,6,8H2,(H2,19,20)(H,21,24). The van der Waals surface area contributed by atoms with Crippen molar-refractivity contribution < 1.29 is 0 Å². The Morgan fingerprint density at radius 2 is 2.15 bits per heavy atom. The third kappa shape index (κ3) is 3.03. The van der Waals surface area contributed by atoms with Gasteiger partial charge >= 0.3 is 0 Å². The molecule has 0 aliphatic rings. The van der Waals surface area contributed by atoms with E-state index < -0.39 is 0 Å². The van der Waals surface area contributed by atoms with Crippen LogP contribution in [0.4, 0.5) is 11.6 Å². The number of nitrogens with one attached hydrogen (secondary N) is 1. The van der Waals surface area contributed by atoms with E-state index in [9.17, 15) is 0 Å². The van der Waals surface area contributed by atoms with Gasteiger partial charge < -0.3 is 11.1 Å². The Balaban J connectivity index is 1.54. The van der Waals surface area contributed by atoms with Crippen molar-refractivity contribution in [3.8, 4) is 17.3 Å². The van der Waals surface area contributed by atoms with Crippen LogP contribution in [0.25, 0.3) is 16.8 Å². The molecule has 0 saturated heterocycles. The fourth-order valence-electron chi connectivity index (χ4n) is 2.59. The maximum Gasteiger partial charge on any atom is 0.169 e. The van der Waals surface area contributed by atoms with Gasteiger partial charge in [0.15, 0.2) is 11.6 Å². The van der Waals surface area contributed by atoms with Crippen molar-refractivity contribution in [1.82, 2.24) is 29.4 Å². The molecule has 0 amide bonds. The largest absolute Gasteiger partial charge is 0.381 e. The van der Waals surface area contributed by atoms with Crippen LogP contribution in [0.5, 0.6) is 0 Å². The molecule has 0 bridgehead atoms. The summed E-state index contributed by atoms with van der Waals surface area (Å²) in [5.74, 6) is 0.826. The number of aromatic nitrogens is 6. The zero-order valence-corrected chi connectivity index (χ0v) is 13.7. The number of pyridine rings is 1. The molecule has 0 fully saturated rings. The first-order valence-corrected chi connectivity index (χ1v) is 7.91. The van der Waals surface area contributed by atoms with Crippen molar-refractivity contribution in [2.45, 2.75) is 13.1 Å². The van der Waals surface area contributed by atoms with Gasteiger partial charge in [0, 0.05) is 30.7 Å². The van der Waals surface area contributed by atoms with Gasteiger partial charge in [-0.05, 0) is 23.8 Å². The van der Waals surface area contributed by atoms with Crippen LogP contribution in [0.1, 0.15) is 5.56 Å². The second kappa shape index (κ2) is 6.52. The van der Waals surface area contributed by atoms with Crippen molar-refractivity contribution in [2.24, 2.45) is 0 Å². The highest BCUT2D eigenvalue weighted by Gasteiger charge is 2.09. The number of rotatable bonds is 5. The van der Waals surface area contributed by atoms with Crippen molar-refractivity contribution in [2.75, 3.05) is 11.1 Å². The molecule has 0 spiro atoms. The highest BCUT2D eigenvalue weighted by molar-refractivity contribution is 5.64. The van der Waals surface area contributed by atoms with E-state index in [0.717, 1.165) is 16.6 Å². The van der Waals surface area contributed by atoms with E-state index in [1.165, 1.54) is 0 Å². The first kappa shape index (κ1) is 15.6. The van der Waals surface area contributed by atoms with Gasteiger partial charge in [-0.25, -0.2) is 14.5 Å². The van der Waals surface area contributed by atoms with Gasteiger partial charge in [-0.2, -0.15) is 15.5 Å². The average molecular weight is 345 g/mol. The quantitative estimate of drug-likeness (QED) is 0.564. The predicted octanol–water partition coefficient (Wildman–Crippen LogP) is 1.71. The summed E-state index contributed by atoms with van der Waals surface area (Å²) in [5, 5.41) is 20.3. The monoisotopic (exact) mass is 345 g/mol. The van der Waals surface area contributed by atoms with Gasteiger partial charge in [-0.15, -0.1) is 0 Å². The molecule has 0 aliphatic carbocycles. The smallest absolute Gasteiger partial charge is 0.169 e. The highest BCUT2D eigenvalue weighted by Crippen LogP contribution is 2.21. The number of nitrogen functional groups attached to an aromatic ring is 1. The lowest BCUT2D eigenvalue weighted by molar-refractivity contribution is 0.710. The lowest BCUT2D eigenvalue weighted by Crippen LogP contribution is -2.07. The third-order valence-corrected chi connectivity index (χ3v) is 3.89.